The third kappa shape index (κ3) is 3.12. The molecule has 0 atom stereocenters. The first kappa shape index (κ1) is 16.5. The zero-order valence-electron chi connectivity index (χ0n) is 13.2. The zero-order valence-corrected chi connectivity index (χ0v) is 14.8. The molecule has 4 aromatic rings. The molecule has 0 aliphatic heterocycles. The van der Waals surface area contributed by atoms with Gasteiger partial charge in [-0.05, 0) is 42.0 Å². The molecule has 7 heteroatoms. The average molecular weight is 381 g/mol. The van der Waals surface area contributed by atoms with Crippen LogP contribution < -0.4 is 21.5 Å². The first-order chi connectivity index (χ1) is 12.6. The number of anilines is 4. The molecule has 1 radical (unpaired) electrons. The Morgan fingerprint density at radius 3 is 1.88 bits per heavy atom. The quantitative estimate of drug-likeness (QED) is 0.504. The van der Waals surface area contributed by atoms with E-state index in [1.807, 2.05) is 24.3 Å². The maximum atomic E-state index is 11.9. The van der Waals surface area contributed by atoms with Gasteiger partial charge in [-0.2, -0.15) is 0 Å². The van der Waals surface area contributed by atoms with Crippen LogP contribution in [0, 0.1) is 5.51 Å². The summed E-state index contributed by atoms with van der Waals surface area (Å²) in [6.07, 6.45) is 1.75. The molecule has 26 heavy (non-hydrogen) atoms. The lowest BCUT2D eigenvalue weighted by atomic mass is 10.1. The van der Waals surface area contributed by atoms with Crippen molar-refractivity contribution < 1.29 is 0 Å². The summed E-state index contributed by atoms with van der Waals surface area (Å²) >= 11 is 7.29. The van der Waals surface area contributed by atoms with E-state index in [0.29, 0.717) is 16.4 Å². The predicted molar refractivity (Wildman–Crippen MR) is 106 cm³/mol. The Balaban J connectivity index is 1.55. The van der Waals surface area contributed by atoms with E-state index in [1.54, 1.807) is 30.5 Å². The highest BCUT2D eigenvalue weighted by Gasteiger charge is 2.21. The first-order valence-corrected chi connectivity index (χ1v) is 8.86. The van der Waals surface area contributed by atoms with Gasteiger partial charge in [0.1, 0.15) is 11.4 Å². The van der Waals surface area contributed by atoms with Crippen LogP contribution in [-0.4, -0.2) is 4.98 Å². The number of hydrogen-bond donors (Lipinski definition) is 2. The molecular weight excluding hydrogens is 370 g/mol. The number of halogens is 1. The van der Waals surface area contributed by atoms with Crippen LogP contribution in [0.5, 0.6) is 0 Å². The fourth-order valence-electron chi connectivity index (χ4n) is 2.49. The summed E-state index contributed by atoms with van der Waals surface area (Å²) in [4.78, 5) is 28.8. The van der Waals surface area contributed by atoms with Crippen LogP contribution in [0.2, 0.25) is 5.02 Å². The molecule has 0 saturated carbocycles. The minimum Gasteiger partial charge on any atom is -0.350 e. The minimum absolute atomic E-state index is 0.249. The Kier molecular flexibility index (Phi) is 4.28. The molecule has 0 amide bonds. The lowest BCUT2D eigenvalue weighted by Crippen LogP contribution is -2.35. The highest BCUT2D eigenvalue weighted by Crippen LogP contribution is 2.28. The zero-order chi connectivity index (χ0) is 18.1. The summed E-state index contributed by atoms with van der Waals surface area (Å²) in [7, 11) is 0. The summed E-state index contributed by atoms with van der Waals surface area (Å²) < 4.78 is 0. The molecule has 2 N–H and O–H groups in total. The average Bonchev–Trinajstić information content (AvgIpc) is 3.21. The number of aromatic nitrogens is 1. The van der Waals surface area contributed by atoms with Crippen LogP contribution in [0.4, 0.5) is 22.7 Å². The van der Waals surface area contributed by atoms with Crippen molar-refractivity contribution in [3.63, 3.8) is 0 Å². The Labute approximate surface area is 157 Å². The molecule has 1 heterocycles. The molecule has 0 unspecified atom stereocenters. The van der Waals surface area contributed by atoms with E-state index < -0.39 is 10.9 Å². The Bertz CT molecular complexity index is 1110. The SMILES string of the molecule is O=c1c(Nc2ccc(Cl)cc2)c(Nc2ccc(-c3cn[c]s3)cc2)c1=O. The topological polar surface area (TPSA) is 71.1 Å². The number of nitrogens with one attached hydrogen (secondary N) is 2. The molecule has 0 aliphatic rings. The van der Waals surface area contributed by atoms with Gasteiger partial charge in [-0.15, -0.1) is 11.3 Å². The molecule has 0 bridgehead atoms. The van der Waals surface area contributed by atoms with Crippen LogP contribution >= 0.6 is 22.9 Å². The lowest BCUT2D eigenvalue weighted by Gasteiger charge is -2.15. The second kappa shape index (κ2) is 6.74. The summed E-state index contributed by atoms with van der Waals surface area (Å²) in [6.45, 7) is 0. The molecule has 5 nitrogen and oxygen atoms in total. The van der Waals surface area contributed by atoms with Crippen molar-refractivity contribution in [3.8, 4) is 10.4 Å². The van der Waals surface area contributed by atoms with Gasteiger partial charge >= 0.3 is 0 Å². The van der Waals surface area contributed by atoms with Gasteiger partial charge in [-0.3, -0.25) is 9.59 Å². The fraction of sp³-hybridized carbons (Fsp3) is 0. The van der Waals surface area contributed by atoms with Crippen molar-refractivity contribution in [2.24, 2.45) is 0 Å². The number of hydrogen-bond acceptors (Lipinski definition) is 6. The monoisotopic (exact) mass is 380 g/mol. The van der Waals surface area contributed by atoms with Gasteiger partial charge in [-0.1, -0.05) is 23.7 Å². The highest BCUT2D eigenvalue weighted by atomic mass is 35.5. The summed E-state index contributed by atoms with van der Waals surface area (Å²) in [5, 5.41) is 6.58. The molecule has 0 spiro atoms. The summed E-state index contributed by atoms with van der Waals surface area (Å²) in [6, 6.07) is 14.4. The first-order valence-electron chi connectivity index (χ1n) is 7.67. The van der Waals surface area contributed by atoms with Gasteiger partial charge in [0.25, 0.3) is 10.9 Å². The second-order valence-corrected chi connectivity index (χ2v) is 6.82. The smallest absolute Gasteiger partial charge is 0.253 e. The van der Waals surface area contributed by atoms with Crippen molar-refractivity contribution in [1.29, 1.82) is 0 Å². The third-order valence-electron chi connectivity index (χ3n) is 3.85. The van der Waals surface area contributed by atoms with Crippen molar-refractivity contribution in [2.75, 3.05) is 10.6 Å². The largest absolute Gasteiger partial charge is 0.350 e. The number of benzene rings is 2. The molecule has 0 saturated heterocycles. The van der Waals surface area contributed by atoms with Gasteiger partial charge in [0.2, 0.25) is 0 Å². The summed E-state index contributed by atoms with van der Waals surface area (Å²) in [5.74, 6) is 0. The summed E-state index contributed by atoms with van der Waals surface area (Å²) in [5.41, 5.74) is 4.64. The Hall–Kier alpha value is -2.96. The fourth-order valence-corrected chi connectivity index (χ4v) is 3.18. The molecule has 0 aliphatic carbocycles. The van der Waals surface area contributed by atoms with E-state index in [9.17, 15) is 9.59 Å². The maximum absolute atomic E-state index is 11.9. The number of thiazole rings is 1. The third-order valence-corrected chi connectivity index (χ3v) is 4.86. The second-order valence-electron chi connectivity index (χ2n) is 5.56. The van der Waals surface area contributed by atoms with Crippen molar-refractivity contribution >= 4 is 45.7 Å². The van der Waals surface area contributed by atoms with Gasteiger partial charge in [0.05, 0.1) is 4.88 Å². The van der Waals surface area contributed by atoms with Crippen LogP contribution in [0.1, 0.15) is 0 Å². The lowest BCUT2D eigenvalue weighted by molar-refractivity contribution is 1.36. The van der Waals surface area contributed by atoms with Crippen LogP contribution in [0.3, 0.4) is 0 Å². The molecule has 0 fully saturated rings. The van der Waals surface area contributed by atoms with Gasteiger partial charge in [-0.25, -0.2) is 4.98 Å². The van der Waals surface area contributed by atoms with E-state index in [-0.39, 0.29) is 11.4 Å². The van der Waals surface area contributed by atoms with Crippen molar-refractivity contribution in [1.82, 2.24) is 4.98 Å². The molecular formula is C19H11ClN3O2S. The van der Waals surface area contributed by atoms with Gasteiger partial charge < -0.3 is 10.6 Å². The minimum atomic E-state index is -0.542. The Morgan fingerprint density at radius 1 is 0.846 bits per heavy atom. The van der Waals surface area contributed by atoms with Crippen LogP contribution in [0.25, 0.3) is 10.4 Å². The standard InChI is InChI=1S/C19H11ClN3O2S/c20-12-3-7-14(8-4-12)23-17-16(18(24)19(17)25)22-13-5-1-11(2-6-13)15-9-21-10-26-15/h1-9,22-23H. The normalized spacial score (nSPS) is 10.8. The number of rotatable bonds is 5. The van der Waals surface area contributed by atoms with Crippen molar-refractivity contribution in [2.45, 2.75) is 0 Å². The van der Waals surface area contributed by atoms with Crippen LogP contribution in [-0.2, 0) is 0 Å². The van der Waals surface area contributed by atoms with E-state index in [4.69, 9.17) is 11.6 Å². The maximum Gasteiger partial charge on any atom is 0.253 e. The molecule has 4 rings (SSSR count). The Morgan fingerprint density at radius 2 is 1.38 bits per heavy atom. The van der Waals surface area contributed by atoms with E-state index in [0.717, 1.165) is 10.4 Å². The van der Waals surface area contributed by atoms with E-state index in [2.05, 4.69) is 21.1 Å². The highest BCUT2D eigenvalue weighted by molar-refractivity contribution is 7.12. The van der Waals surface area contributed by atoms with Crippen LogP contribution in [0.15, 0.2) is 64.3 Å². The molecule has 127 valence electrons. The number of nitrogens with zero attached hydrogens (tertiary/aromatic N) is 1. The van der Waals surface area contributed by atoms with Crippen molar-refractivity contribution in [3.05, 3.63) is 85.7 Å². The van der Waals surface area contributed by atoms with E-state index in [1.165, 1.54) is 11.3 Å². The van der Waals surface area contributed by atoms with E-state index >= 15 is 0 Å². The molecule has 1 aromatic heterocycles. The van der Waals surface area contributed by atoms with Gasteiger partial charge in [0, 0.05) is 22.6 Å². The molecule has 3 aromatic carbocycles. The van der Waals surface area contributed by atoms with Gasteiger partial charge in [0.15, 0.2) is 5.51 Å². The predicted octanol–water partition coefficient (Wildman–Crippen LogP) is 4.35.